The maximum atomic E-state index is 15.3. The average molecular weight is 489 g/mol. The van der Waals surface area contributed by atoms with Crippen LogP contribution in [0.5, 0.6) is 0 Å². The SMILES string of the molecule is CS(=O)(=O)N1CCC(CNc2ncnc(N(Cc3ccc(C(F)(F)F)cn3)C3CC3)c2F)C1. The Labute approximate surface area is 189 Å². The summed E-state index contributed by atoms with van der Waals surface area (Å²) in [7, 11) is -3.26. The Hall–Kier alpha value is -2.54. The highest BCUT2D eigenvalue weighted by molar-refractivity contribution is 7.88. The second kappa shape index (κ2) is 9.01. The lowest BCUT2D eigenvalue weighted by Gasteiger charge is -2.24. The zero-order chi connectivity index (χ0) is 23.8. The van der Waals surface area contributed by atoms with Gasteiger partial charge in [0.1, 0.15) is 6.33 Å². The smallest absolute Gasteiger partial charge is 0.367 e. The van der Waals surface area contributed by atoms with Gasteiger partial charge >= 0.3 is 6.18 Å². The van der Waals surface area contributed by atoms with Crippen LogP contribution in [-0.2, 0) is 22.7 Å². The molecular formula is C20H24F4N6O2S. The first-order valence-corrected chi connectivity index (χ1v) is 12.4. The van der Waals surface area contributed by atoms with Crippen molar-refractivity contribution in [1.29, 1.82) is 0 Å². The third-order valence-electron chi connectivity index (χ3n) is 5.79. The molecule has 1 atom stereocenters. The Morgan fingerprint density at radius 1 is 1.18 bits per heavy atom. The fourth-order valence-electron chi connectivity index (χ4n) is 3.81. The van der Waals surface area contributed by atoms with Crippen LogP contribution in [0.3, 0.4) is 0 Å². The first-order chi connectivity index (χ1) is 15.5. The molecule has 2 aliphatic rings. The molecule has 4 rings (SSSR count). The van der Waals surface area contributed by atoms with E-state index in [9.17, 15) is 21.6 Å². The number of hydrogen-bond donors (Lipinski definition) is 1. The van der Waals surface area contributed by atoms with Crippen LogP contribution in [0.4, 0.5) is 29.2 Å². The van der Waals surface area contributed by atoms with Gasteiger partial charge in [-0.3, -0.25) is 4.98 Å². The molecule has 2 aromatic rings. The molecule has 0 amide bonds. The summed E-state index contributed by atoms with van der Waals surface area (Å²) in [6, 6.07) is 2.26. The molecule has 1 saturated heterocycles. The summed E-state index contributed by atoms with van der Waals surface area (Å²) in [6.07, 6.45) is 0.981. The lowest BCUT2D eigenvalue weighted by atomic mass is 10.1. The molecule has 0 aromatic carbocycles. The normalized spacial score (nSPS) is 19.6. The minimum atomic E-state index is -4.47. The highest BCUT2D eigenvalue weighted by atomic mass is 32.2. The fourth-order valence-corrected chi connectivity index (χ4v) is 4.73. The molecule has 3 heterocycles. The number of nitrogens with one attached hydrogen (secondary N) is 1. The van der Waals surface area contributed by atoms with Crippen molar-refractivity contribution in [3.63, 3.8) is 0 Å². The molecule has 1 aliphatic heterocycles. The van der Waals surface area contributed by atoms with Gasteiger partial charge in [-0.2, -0.15) is 17.6 Å². The fraction of sp³-hybridized carbons (Fsp3) is 0.550. The monoisotopic (exact) mass is 488 g/mol. The molecule has 8 nitrogen and oxygen atoms in total. The van der Waals surface area contributed by atoms with Crippen molar-refractivity contribution in [2.75, 3.05) is 36.1 Å². The van der Waals surface area contributed by atoms with Gasteiger partial charge in [0.15, 0.2) is 11.6 Å². The number of pyridine rings is 1. The van der Waals surface area contributed by atoms with Crippen molar-refractivity contribution in [1.82, 2.24) is 19.3 Å². The zero-order valence-electron chi connectivity index (χ0n) is 17.9. The minimum absolute atomic E-state index is 0.00355. The molecule has 1 N–H and O–H groups in total. The van der Waals surface area contributed by atoms with Gasteiger partial charge in [-0.05, 0) is 37.3 Å². The summed E-state index contributed by atoms with van der Waals surface area (Å²) in [4.78, 5) is 13.6. The van der Waals surface area contributed by atoms with Crippen LogP contribution in [0, 0.1) is 11.7 Å². The second-order valence-electron chi connectivity index (χ2n) is 8.41. The van der Waals surface area contributed by atoms with Gasteiger partial charge in [0.25, 0.3) is 0 Å². The number of nitrogens with zero attached hydrogens (tertiary/aromatic N) is 5. The lowest BCUT2D eigenvalue weighted by Crippen LogP contribution is -2.29. The number of sulfonamides is 1. The Balaban J connectivity index is 1.46. The number of rotatable bonds is 8. The van der Waals surface area contributed by atoms with Gasteiger partial charge in [-0.1, -0.05) is 0 Å². The highest BCUT2D eigenvalue weighted by Gasteiger charge is 2.34. The highest BCUT2D eigenvalue weighted by Crippen LogP contribution is 2.35. The summed E-state index contributed by atoms with van der Waals surface area (Å²) in [5.74, 6) is -0.576. The minimum Gasteiger partial charge on any atom is -0.367 e. The van der Waals surface area contributed by atoms with E-state index < -0.39 is 27.6 Å². The van der Waals surface area contributed by atoms with Crippen LogP contribution in [0.25, 0.3) is 0 Å². The molecule has 1 aliphatic carbocycles. The number of alkyl halides is 3. The van der Waals surface area contributed by atoms with Gasteiger partial charge in [0.05, 0.1) is 24.1 Å². The van der Waals surface area contributed by atoms with Gasteiger partial charge in [-0.25, -0.2) is 22.7 Å². The van der Waals surface area contributed by atoms with E-state index in [1.165, 1.54) is 16.7 Å². The van der Waals surface area contributed by atoms with Crippen molar-refractivity contribution < 1.29 is 26.0 Å². The van der Waals surface area contributed by atoms with Gasteiger partial charge in [0.2, 0.25) is 15.8 Å². The van der Waals surface area contributed by atoms with E-state index >= 15 is 4.39 Å². The number of aromatic nitrogens is 3. The van der Waals surface area contributed by atoms with E-state index in [1.807, 2.05) is 0 Å². The quantitative estimate of drug-likeness (QED) is 0.572. The third-order valence-corrected chi connectivity index (χ3v) is 7.06. The van der Waals surface area contributed by atoms with Gasteiger partial charge < -0.3 is 10.2 Å². The molecule has 1 unspecified atom stereocenters. The van der Waals surface area contributed by atoms with E-state index in [0.29, 0.717) is 31.7 Å². The van der Waals surface area contributed by atoms with Crippen molar-refractivity contribution in [3.8, 4) is 0 Å². The molecule has 180 valence electrons. The number of halogens is 4. The zero-order valence-corrected chi connectivity index (χ0v) is 18.7. The van der Waals surface area contributed by atoms with Crippen molar-refractivity contribution >= 4 is 21.7 Å². The maximum absolute atomic E-state index is 15.3. The van der Waals surface area contributed by atoms with Gasteiger partial charge in [-0.15, -0.1) is 0 Å². The molecule has 2 fully saturated rings. The van der Waals surface area contributed by atoms with E-state index in [0.717, 1.165) is 31.4 Å². The van der Waals surface area contributed by atoms with Crippen LogP contribution in [0.1, 0.15) is 30.5 Å². The summed E-state index contributed by atoms with van der Waals surface area (Å²) < 4.78 is 78.4. The van der Waals surface area contributed by atoms with E-state index in [-0.39, 0.29) is 30.1 Å². The molecule has 2 aromatic heterocycles. The predicted molar refractivity (Wildman–Crippen MR) is 113 cm³/mol. The molecule has 1 saturated carbocycles. The third kappa shape index (κ3) is 5.69. The van der Waals surface area contributed by atoms with Crippen LogP contribution >= 0.6 is 0 Å². The molecule has 0 radical (unpaired) electrons. The largest absolute Gasteiger partial charge is 0.417 e. The summed E-state index contributed by atoms with van der Waals surface area (Å²) in [5, 5.41) is 2.95. The van der Waals surface area contributed by atoms with Crippen LogP contribution < -0.4 is 10.2 Å². The van der Waals surface area contributed by atoms with Crippen LogP contribution in [0.15, 0.2) is 24.7 Å². The maximum Gasteiger partial charge on any atom is 0.417 e. The van der Waals surface area contributed by atoms with Crippen molar-refractivity contribution in [2.24, 2.45) is 5.92 Å². The van der Waals surface area contributed by atoms with E-state index in [2.05, 4.69) is 20.3 Å². The predicted octanol–water partition coefficient (Wildman–Crippen LogP) is 2.89. The second-order valence-corrected chi connectivity index (χ2v) is 10.4. The number of hydrogen-bond acceptors (Lipinski definition) is 7. The number of anilines is 2. The Kier molecular flexibility index (Phi) is 6.45. The molecule has 13 heteroatoms. The van der Waals surface area contributed by atoms with E-state index in [1.54, 1.807) is 4.90 Å². The molecule has 33 heavy (non-hydrogen) atoms. The lowest BCUT2D eigenvalue weighted by molar-refractivity contribution is -0.137. The summed E-state index contributed by atoms with van der Waals surface area (Å²) >= 11 is 0. The summed E-state index contributed by atoms with van der Waals surface area (Å²) in [5.41, 5.74) is -0.473. The Bertz CT molecular complexity index is 1090. The van der Waals surface area contributed by atoms with Crippen LogP contribution in [-0.4, -0.2) is 59.6 Å². The van der Waals surface area contributed by atoms with Crippen molar-refractivity contribution in [2.45, 2.75) is 38.0 Å². The van der Waals surface area contributed by atoms with Crippen molar-refractivity contribution in [3.05, 3.63) is 41.7 Å². The summed E-state index contributed by atoms with van der Waals surface area (Å²) in [6.45, 7) is 1.25. The average Bonchev–Trinajstić information content (AvgIpc) is 3.47. The molecule has 0 spiro atoms. The topological polar surface area (TPSA) is 91.3 Å². The molecular weight excluding hydrogens is 464 g/mol. The van der Waals surface area contributed by atoms with E-state index in [4.69, 9.17) is 0 Å². The Morgan fingerprint density at radius 3 is 2.52 bits per heavy atom. The standard InChI is InChI=1S/C20H24F4N6O2S/c1-33(31,32)29-7-6-13(10-29)8-26-18-17(21)19(28-12-27-18)30(16-4-5-16)11-15-3-2-14(9-25-15)20(22,23)24/h2-3,9,12-13,16H,4-8,10-11H2,1H3,(H,26,27,28). The molecule has 0 bridgehead atoms. The van der Waals surface area contributed by atoms with Crippen LogP contribution in [0.2, 0.25) is 0 Å². The Morgan fingerprint density at radius 2 is 1.94 bits per heavy atom. The first kappa shape index (κ1) is 23.6. The first-order valence-electron chi connectivity index (χ1n) is 10.5. The van der Waals surface area contributed by atoms with Gasteiger partial charge in [0, 0.05) is 31.9 Å².